The van der Waals surface area contributed by atoms with Gasteiger partial charge in [-0.05, 0) is 31.2 Å². The summed E-state index contributed by atoms with van der Waals surface area (Å²) in [5.74, 6) is 1.15. The largest absolute Gasteiger partial charge is 0.354 e. The third kappa shape index (κ3) is 3.58. The van der Waals surface area contributed by atoms with Crippen LogP contribution in [0.4, 0.5) is 5.82 Å². The Morgan fingerprint density at radius 1 is 1.16 bits per heavy atom. The van der Waals surface area contributed by atoms with Gasteiger partial charge >= 0.3 is 0 Å². The van der Waals surface area contributed by atoms with Crippen LogP contribution in [0, 0.1) is 6.92 Å². The van der Waals surface area contributed by atoms with Crippen molar-refractivity contribution in [1.29, 1.82) is 0 Å². The lowest BCUT2D eigenvalue weighted by Gasteiger charge is -2.18. The van der Waals surface area contributed by atoms with E-state index in [2.05, 4.69) is 9.97 Å². The first-order valence-electron chi connectivity index (χ1n) is 5.95. The highest BCUT2D eigenvalue weighted by Gasteiger charge is 2.08. The number of aryl methyl sites for hydroxylation is 1. The second-order valence-electron chi connectivity index (χ2n) is 4.36. The van der Waals surface area contributed by atoms with E-state index >= 15 is 0 Å². The molecular weight excluding hydrogens is 281 g/mol. The van der Waals surface area contributed by atoms with Gasteiger partial charge in [-0.1, -0.05) is 17.7 Å². The number of nitrogens with zero attached hydrogens (tertiary/aromatic N) is 3. The molecule has 0 aliphatic carbocycles. The first-order valence-corrected chi connectivity index (χ1v) is 6.86. The van der Waals surface area contributed by atoms with Gasteiger partial charge in [0.25, 0.3) is 0 Å². The molecule has 0 N–H and O–H groups in total. The second kappa shape index (κ2) is 6.22. The van der Waals surface area contributed by atoms with E-state index < -0.39 is 0 Å². The van der Waals surface area contributed by atoms with Crippen molar-refractivity contribution >= 4 is 29.0 Å². The number of hydrogen-bond donors (Lipinski definition) is 0. The smallest absolute Gasteiger partial charge is 0.129 e. The molecule has 0 saturated carbocycles. The first kappa shape index (κ1) is 14.1. The average Bonchev–Trinajstić information content (AvgIpc) is 2.39. The highest BCUT2D eigenvalue weighted by Crippen LogP contribution is 2.20. The van der Waals surface area contributed by atoms with Crippen molar-refractivity contribution in [1.82, 2.24) is 9.97 Å². The number of pyridine rings is 2. The van der Waals surface area contributed by atoms with E-state index in [9.17, 15) is 0 Å². The van der Waals surface area contributed by atoms with Crippen molar-refractivity contribution in [2.24, 2.45) is 0 Å². The zero-order valence-electron chi connectivity index (χ0n) is 10.9. The van der Waals surface area contributed by atoms with E-state index in [1.807, 2.05) is 49.2 Å². The van der Waals surface area contributed by atoms with Crippen molar-refractivity contribution in [2.45, 2.75) is 19.3 Å². The lowest BCUT2D eigenvalue weighted by Crippen LogP contribution is -2.19. The van der Waals surface area contributed by atoms with Crippen LogP contribution in [0.15, 0.2) is 30.3 Å². The fraction of sp³-hybridized carbons (Fsp3) is 0.286. The molecule has 3 nitrogen and oxygen atoms in total. The molecule has 5 heteroatoms. The summed E-state index contributed by atoms with van der Waals surface area (Å²) in [6.07, 6.45) is 0. The van der Waals surface area contributed by atoms with E-state index in [1.54, 1.807) is 0 Å². The summed E-state index contributed by atoms with van der Waals surface area (Å²) >= 11 is 11.8. The van der Waals surface area contributed by atoms with Crippen LogP contribution in [0.1, 0.15) is 17.1 Å². The molecule has 0 amide bonds. The normalized spacial score (nSPS) is 10.5. The van der Waals surface area contributed by atoms with Crippen molar-refractivity contribution in [3.63, 3.8) is 0 Å². The van der Waals surface area contributed by atoms with Gasteiger partial charge in [0.1, 0.15) is 5.82 Å². The van der Waals surface area contributed by atoms with Gasteiger partial charge in [-0.3, -0.25) is 4.98 Å². The van der Waals surface area contributed by atoms with Gasteiger partial charge < -0.3 is 4.90 Å². The van der Waals surface area contributed by atoms with Crippen LogP contribution in [-0.4, -0.2) is 17.0 Å². The van der Waals surface area contributed by atoms with Crippen LogP contribution in [0.2, 0.25) is 5.02 Å². The summed E-state index contributed by atoms with van der Waals surface area (Å²) in [5.41, 5.74) is 2.72. The molecule has 100 valence electrons. The van der Waals surface area contributed by atoms with Crippen molar-refractivity contribution in [2.75, 3.05) is 11.9 Å². The van der Waals surface area contributed by atoms with Crippen LogP contribution in [0.25, 0.3) is 0 Å². The van der Waals surface area contributed by atoms with Crippen molar-refractivity contribution in [3.05, 3.63) is 52.4 Å². The van der Waals surface area contributed by atoms with Crippen LogP contribution in [-0.2, 0) is 12.4 Å². The maximum absolute atomic E-state index is 6.00. The van der Waals surface area contributed by atoms with Crippen LogP contribution >= 0.6 is 23.2 Å². The zero-order valence-corrected chi connectivity index (χ0v) is 12.4. The summed E-state index contributed by atoms with van der Waals surface area (Å²) in [6, 6.07) is 9.69. The van der Waals surface area contributed by atoms with Crippen LogP contribution in [0.5, 0.6) is 0 Å². The lowest BCUT2D eigenvalue weighted by atomic mass is 10.3. The number of halogens is 2. The zero-order chi connectivity index (χ0) is 13.8. The van der Waals surface area contributed by atoms with E-state index in [1.165, 1.54) is 0 Å². The predicted molar refractivity (Wildman–Crippen MR) is 79.9 cm³/mol. The highest BCUT2D eigenvalue weighted by atomic mass is 35.5. The molecule has 2 heterocycles. The molecule has 0 radical (unpaired) electrons. The minimum atomic E-state index is 0.309. The fourth-order valence-corrected chi connectivity index (χ4v) is 2.23. The third-order valence-corrected chi connectivity index (χ3v) is 3.36. The third-order valence-electron chi connectivity index (χ3n) is 2.77. The first-order chi connectivity index (χ1) is 9.10. The van der Waals surface area contributed by atoms with E-state index in [4.69, 9.17) is 23.2 Å². The van der Waals surface area contributed by atoms with Gasteiger partial charge in [0.05, 0.1) is 28.8 Å². The monoisotopic (exact) mass is 295 g/mol. The van der Waals surface area contributed by atoms with Gasteiger partial charge in [0, 0.05) is 12.7 Å². The molecule has 0 bridgehead atoms. The molecule has 2 aromatic rings. The molecule has 2 rings (SSSR count). The number of alkyl halides is 1. The maximum Gasteiger partial charge on any atom is 0.129 e. The summed E-state index contributed by atoms with van der Waals surface area (Å²) in [5, 5.41) is 0.598. The maximum atomic E-state index is 6.00. The molecular formula is C14H15Cl2N3. The van der Waals surface area contributed by atoms with Crippen LogP contribution < -0.4 is 4.90 Å². The summed E-state index contributed by atoms with van der Waals surface area (Å²) in [7, 11) is 1.97. The van der Waals surface area contributed by atoms with Crippen LogP contribution in [0.3, 0.4) is 0 Å². The SMILES string of the molecule is Cc1cccc(CN(C)c2ccc(Cl)c(CCl)n2)n1. The highest BCUT2D eigenvalue weighted by molar-refractivity contribution is 6.32. The van der Waals surface area contributed by atoms with E-state index in [-0.39, 0.29) is 0 Å². The van der Waals surface area contributed by atoms with E-state index in [0.29, 0.717) is 23.1 Å². The van der Waals surface area contributed by atoms with Gasteiger partial charge in [-0.25, -0.2) is 4.98 Å². The van der Waals surface area contributed by atoms with Gasteiger partial charge in [-0.2, -0.15) is 0 Å². The summed E-state index contributed by atoms with van der Waals surface area (Å²) in [4.78, 5) is 10.9. The number of rotatable bonds is 4. The van der Waals surface area contributed by atoms with E-state index in [0.717, 1.165) is 17.2 Å². The molecule has 0 aliphatic heterocycles. The average molecular weight is 296 g/mol. The minimum Gasteiger partial charge on any atom is -0.354 e. The Bertz CT molecular complexity index is 572. The molecule has 0 saturated heterocycles. The lowest BCUT2D eigenvalue weighted by molar-refractivity contribution is 0.855. The topological polar surface area (TPSA) is 29.0 Å². The number of anilines is 1. The number of hydrogen-bond acceptors (Lipinski definition) is 3. The standard InChI is InChI=1S/C14H15Cl2N3/c1-10-4-3-5-11(17-10)9-19(2)14-7-6-12(16)13(8-15)18-14/h3-7H,8-9H2,1-2H3. The quantitative estimate of drug-likeness (QED) is 0.803. The minimum absolute atomic E-state index is 0.309. The molecule has 0 unspecified atom stereocenters. The van der Waals surface area contributed by atoms with Gasteiger partial charge in [0.15, 0.2) is 0 Å². The van der Waals surface area contributed by atoms with Crippen molar-refractivity contribution < 1.29 is 0 Å². The Kier molecular flexibility index (Phi) is 4.61. The Labute approximate surface area is 123 Å². The summed E-state index contributed by atoms with van der Waals surface area (Å²) in [6.45, 7) is 2.67. The Hall–Kier alpha value is -1.32. The Morgan fingerprint density at radius 2 is 1.95 bits per heavy atom. The molecule has 0 aromatic carbocycles. The molecule has 0 aliphatic rings. The molecule has 2 aromatic heterocycles. The summed E-state index contributed by atoms with van der Waals surface area (Å²) < 4.78 is 0. The predicted octanol–water partition coefficient (Wildman–Crippen LogP) is 3.81. The van der Waals surface area contributed by atoms with Gasteiger partial charge in [-0.15, -0.1) is 11.6 Å². The number of aromatic nitrogens is 2. The molecule has 0 atom stereocenters. The van der Waals surface area contributed by atoms with Gasteiger partial charge in [0.2, 0.25) is 0 Å². The second-order valence-corrected chi connectivity index (χ2v) is 5.03. The van der Waals surface area contributed by atoms with Crippen molar-refractivity contribution in [3.8, 4) is 0 Å². The Morgan fingerprint density at radius 3 is 2.63 bits per heavy atom. The Balaban J connectivity index is 2.18. The fourth-order valence-electron chi connectivity index (χ4n) is 1.79. The molecule has 0 spiro atoms. The molecule has 0 fully saturated rings. The molecule has 19 heavy (non-hydrogen) atoms.